The Morgan fingerprint density at radius 2 is 2.00 bits per heavy atom. The first kappa shape index (κ1) is 15.0. The third-order valence-corrected chi connectivity index (χ3v) is 3.62. The highest BCUT2D eigenvalue weighted by atomic mass is 16.5. The number of rotatable bonds is 6. The Balaban J connectivity index is 2.09. The molecule has 0 amide bonds. The molecule has 6 heteroatoms. The van der Waals surface area contributed by atoms with Crippen LogP contribution in [-0.2, 0) is 11.3 Å². The van der Waals surface area contributed by atoms with Gasteiger partial charge >= 0.3 is 5.97 Å². The van der Waals surface area contributed by atoms with E-state index in [1.165, 1.54) is 12.8 Å². The van der Waals surface area contributed by atoms with Crippen LogP contribution in [-0.4, -0.2) is 52.1 Å². The van der Waals surface area contributed by atoms with Gasteiger partial charge in [0.15, 0.2) is 5.69 Å². The van der Waals surface area contributed by atoms with Crippen LogP contribution in [0.25, 0.3) is 0 Å². The Kier molecular flexibility index (Phi) is 5.11. The standard InChI is InChI=1S/C14H24N4O2/c1-4-20-14(19)12-13(11(2)3)18(16-15-12)10-9-17-7-5-6-8-17/h11H,4-10H2,1-3H3. The summed E-state index contributed by atoms with van der Waals surface area (Å²) in [7, 11) is 0. The van der Waals surface area contributed by atoms with Crippen molar-refractivity contribution in [3.63, 3.8) is 0 Å². The molecule has 0 unspecified atom stereocenters. The SMILES string of the molecule is CCOC(=O)c1nnn(CCN2CCCC2)c1C(C)C. The summed E-state index contributed by atoms with van der Waals surface area (Å²) in [5, 5.41) is 8.16. The summed E-state index contributed by atoms with van der Waals surface area (Å²) in [6, 6.07) is 0. The van der Waals surface area contributed by atoms with Gasteiger partial charge in [0.2, 0.25) is 0 Å². The van der Waals surface area contributed by atoms with Crippen LogP contribution in [0.5, 0.6) is 0 Å². The molecule has 0 atom stereocenters. The number of esters is 1. The fraction of sp³-hybridized carbons (Fsp3) is 0.786. The van der Waals surface area contributed by atoms with E-state index in [0.717, 1.165) is 31.9 Å². The summed E-state index contributed by atoms with van der Waals surface area (Å²) in [5.74, 6) is -0.174. The number of likely N-dealkylation sites (tertiary alicyclic amines) is 1. The molecule has 0 bridgehead atoms. The largest absolute Gasteiger partial charge is 0.461 e. The van der Waals surface area contributed by atoms with Crippen molar-refractivity contribution in [1.82, 2.24) is 19.9 Å². The van der Waals surface area contributed by atoms with E-state index >= 15 is 0 Å². The zero-order chi connectivity index (χ0) is 14.5. The third kappa shape index (κ3) is 3.36. The number of hydrogen-bond donors (Lipinski definition) is 0. The van der Waals surface area contributed by atoms with Crippen LogP contribution < -0.4 is 0 Å². The quantitative estimate of drug-likeness (QED) is 0.742. The lowest BCUT2D eigenvalue weighted by Crippen LogP contribution is -2.25. The van der Waals surface area contributed by atoms with Gasteiger partial charge in [0, 0.05) is 6.54 Å². The molecule has 0 saturated carbocycles. The molecule has 1 aromatic heterocycles. The van der Waals surface area contributed by atoms with Gasteiger partial charge in [-0.05, 0) is 38.8 Å². The van der Waals surface area contributed by atoms with Crippen molar-refractivity contribution in [3.05, 3.63) is 11.4 Å². The molecule has 2 heterocycles. The number of nitrogens with zero attached hydrogens (tertiary/aromatic N) is 4. The molecule has 0 spiro atoms. The van der Waals surface area contributed by atoms with Crippen molar-refractivity contribution >= 4 is 5.97 Å². The van der Waals surface area contributed by atoms with E-state index in [9.17, 15) is 4.79 Å². The second-order valence-corrected chi connectivity index (χ2v) is 5.47. The number of carbonyl (C=O) groups is 1. The van der Waals surface area contributed by atoms with Crippen LogP contribution in [0.15, 0.2) is 0 Å². The van der Waals surface area contributed by atoms with Crippen LogP contribution in [0.1, 0.15) is 55.7 Å². The minimum absolute atomic E-state index is 0.197. The number of aromatic nitrogens is 3. The van der Waals surface area contributed by atoms with Crippen molar-refractivity contribution in [1.29, 1.82) is 0 Å². The number of hydrogen-bond acceptors (Lipinski definition) is 5. The molecule has 112 valence electrons. The highest BCUT2D eigenvalue weighted by Crippen LogP contribution is 2.19. The number of carbonyl (C=O) groups excluding carboxylic acids is 1. The normalized spacial score (nSPS) is 16.0. The molecular formula is C14H24N4O2. The molecule has 1 aliphatic heterocycles. The van der Waals surface area contributed by atoms with Crippen LogP contribution >= 0.6 is 0 Å². The van der Waals surface area contributed by atoms with Crippen LogP contribution in [0.3, 0.4) is 0 Å². The van der Waals surface area contributed by atoms with Gasteiger partial charge in [-0.25, -0.2) is 9.48 Å². The van der Waals surface area contributed by atoms with Crippen molar-refractivity contribution in [2.24, 2.45) is 0 Å². The van der Waals surface area contributed by atoms with E-state index in [1.807, 2.05) is 18.5 Å². The molecule has 2 rings (SSSR count). The van der Waals surface area contributed by atoms with E-state index in [1.54, 1.807) is 6.92 Å². The maximum Gasteiger partial charge on any atom is 0.360 e. The van der Waals surface area contributed by atoms with E-state index in [2.05, 4.69) is 15.2 Å². The van der Waals surface area contributed by atoms with E-state index in [-0.39, 0.29) is 11.9 Å². The predicted molar refractivity (Wildman–Crippen MR) is 75.7 cm³/mol. The zero-order valence-electron chi connectivity index (χ0n) is 12.6. The minimum atomic E-state index is -0.372. The summed E-state index contributed by atoms with van der Waals surface area (Å²) in [6.07, 6.45) is 2.56. The molecular weight excluding hydrogens is 256 g/mol. The molecule has 1 aliphatic rings. The first-order valence-corrected chi connectivity index (χ1v) is 7.46. The highest BCUT2D eigenvalue weighted by Gasteiger charge is 2.23. The fourth-order valence-electron chi connectivity index (χ4n) is 2.64. The summed E-state index contributed by atoms with van der Waals surface area (Å²) >= 11 is 0. The smallest absolute Gasteiger partial charge is 0.360 e. The summed E-state index contributed by atoms with van der Waals surface area (Å²) < 4.78 is 6.90. The molecule has 0 aromatic carbocycles. The lowest BCUT2D eigenvalue weighted by Gasteiger charge is -2.16. The van der Waals surface area contributed by atoms with Gasteiger partial charge in [0.05, 0.1) is 18.8 Å². The second-order valence-electron chi connectivity index (χ2n) is 5.47. The van der Waals surface area contributed by atoms with E-state index in [0.29, 0.717) is 12.3 Å². The molecule has 1 fully saturated rings. The summed E-state index contributed by atoms with van der Waals surface area (Å²) in [4.78, 5) is 14.3. The molecule has 1 saturated heterocycles. The second kappa shape index (κ2) is 6.83. The van der Waals surface area contributed by atoms with Gasteiger partial charge in [-0.3, -0.25) is 0 Å². The average Bonchev–Trinajstić information content (AvgIpc) is 3.05. The average molecular weight is 280 g/mol. The molecule has 20 heavy (non-hydrogen) atoms. The lowest BCUT2D eigenvalue weighted by atomic mass is 10.1. The molecule has 0 radical (unpaired) electrons. The van der Waals surface area contributed by atoms with E-state index < -0.39 is 0 Å². The fourth-order valence-corrected chi connectivity index (χ4v) is 2.64. The third-order valence-electron chi connectivity index (χ3n) is 3.62. The van der Waals surface area contributed by atoms with Gasteiger partial charge < -0.3 is 9.64 Å². The van der Waals surface area contributed by atoms with Crippen molar-refractivity contribution in [3.8, 4) is 0 Å². The molecule has 6 nitrogen and oxygen atoms in total. The maximum atomic E-state index is 11.9. The van der Waals surface area contributed by atoms with Crippen LogP contribution in [0, 0.1) is 0 Å². The van der Waals surface area contributed by atoms with Crippen LogP contribution in [0.2, 0.25) is 0 Å². The van der Waals surface area contributed by atoms with Gasteiger partial charge in [-0.2, -0.15) is 0 Å². The Hall–Kier alpha value is -1.43. The van der Waals surface area contributed by atoms with Gasteiger partial charge in [0.25, 0.3) is 0 Å². The molecule has 0 N–H and O–H groups in total. The molecule has 1 aromatic rings. The van der Waals surface area contributed by atoms with Gasteiger partial charge in [-0.15, -0.1) is 5.10 Å². The van der Waals surface area contributed by atoms with Crippen molar-refractivity contribution < 1.29 is 9.53 Å². The Bertz CT molecular complexity index is 450. The summed E-state index contributed by atoms with van der Waals surface area (Å²) in [5.41, 5.74) is 1.24. The van der Waals surface area contributed by atoms with Crippen LogP contribution in [0.4, 0.5) is 0 Å². The first-order valence-electron chi connectivity index (χ1n) is 7.46. The Morgan fingerprint density at radius 3 is 2.60 bits per heavy atom. The monoisotopic (exact) mass is 280 g/mol. The Morgan fingerprint density at radius 1 is 1.30 bits per heavy atom. The number of ether oxygens (including phenoxy) is 1. The van der Waals surface area contributed by atoms with Gasteiger partial charge in [-0.1, -0.05) is 19.1 Å². The highest BCUT2D eigenvalue weighted by molar-refractivity contribution is 5.88. The summed E-state index contributed by atoms with van der Waals surface area (Å²) in [6.45, 7) is 10.3. The van der Waals surface area contributed by atoms with E-state index in [4.69, 9.17) is 4.74 Å². The molecule has 0 aliphatic carbocycles. The van der Waals surface area contributed by atoms with Crippen molar-refractivity contribution in [2.45, 2.75) is 46.1 Å². The Labute approximate surface area is 120 Å². The minimum Gasteiger partial charge on any atom is -0.461 e. The zero-order valence-corrected chi connectivity index (χ0v) is 12.6. The first-order chi connectivity index (χ1) is 9.63. The van der Waals surface area contributed by atoms with Crippen molar-refractivity contribution in [2.75, 3.05) is 26.2 Å². The predicted octanol–water partition coefficient (Wildman–Crippen LogP) is 1.67. The van der Waals surface area contributed by atoms with Gasteiger partial charge in [0.1, 0.15) is 0 Å². The lowest BCUT2D eigenvalue weighted by molar-refractivity contribution is 0.0517. The maximum absolute atomic E-state index is 11.9. The topological polar surface area (TPSA) is 60.2 Å².